The van der Waals surface area contributed by atoms with E-state index in [2.05, 4.69) is 43.4 Å². The van der Waals surface area contributed by atoms with E-state index in [1.807, 2.05) is 18.8 Å². The lowest BCUT2D eigenvalue weighted by Crippen LogP contribution is -2.04. The lowest BCUT2D eigenvalue weighted by molar-refractivity contribution is 0.750. The molecule has 0 fully saturated rings. The topological polar surface area (TPSA) is 12.0 Å². The molecular formula is C12H19NS. The second-order valence-electron chi connectivity index (χ2n) is 3.88. The summed E-state index contributed by atoms with van der Waals surface area (Å²) in [6.45, 7) is 5.46. The fourth-order valence-electron chi connectivity index (χ4n) is 1.21. The third kappa shape index (κ3) is 4.16. The number of rotatable bonds is 5. The van der Waals surface area contributed by atoms with Crippen LogP contribution in [0.2, 0.25) is 0 Å². The molecule has 1 rings (SSSR count). The van der Waals surface area contributed by atoms with Crippen LogP contribution in [0.25, 0.3) is 0 Å². The average molecular weight is 209 g/mol. The van der Waals surface area contributed by atoms with Crippen LogP contribution in [0.1, 0.15) is 19.4 Å². The van der Waals surface area contributed by atoms with E-state index in [0.29, 0.717) is 0 Å². The molecule has 1 aromatic carbocycles. The predicted octanol–water partition coefficient (Wildman–Crippen LogP) is 3.15. The van der Waals surface area contributed by atoms with E-state index in [1.54, 1.807) is 0 Å². The zero-order chi connectivity index (χ0) is 10.4. The molecule has 0 amide bonds. The van der Waals surface area contributed by atoms with Crippen LogP contribution in [0.4, 0.5) is 0 Å². The SMILES string of the molecule is CNCc1cccc(SCC(C)C)c1. The molecular weight excluding hydrogens is 190 g/mol. The number of nitrogens with one attached hydrogen (secondary N) is 1. The Kier molecular flexibility index (Phi) is 5.05. The molecule has 0 radical (unpaired) electrons. The summed E-state index contributed by atoms with van der Waals surface area (Å²) in [5.74, 6) is 1.95. The summed E-state index contributed by atoms with van der Waals surface area (Å²) < 4.78 is 0. The highest BCUT2D eigenvalue weighted by molar-refractivity contribution is 7.99. The van der Waals surface area contributed by atoms with Crippen molar-refractivity contribution in [1.29, 1.82) is 0 Å². The summed E-state index contributed by atoms with van der Waals surface area (Å²) in [6, 6.07) is 8.75. The minimum absolute atomic E-state index is 0.757. The summed E-state index contributed by atoms with van der Waals surface area (Å²) >= 11 is 1.94. The van der Waals surface area contributed by atoms with Crippen molar-refractivity contribution >= 4 is 11.8 Å². The molecule has 2 heteroatoms. The zero-order valence-corrected chi connectivity index (χ0v) is 10.0. The van der Waals surface area contributed by atoms with E-state index >= 15 is 0 Å². The Morgan fingerprint density at radius 1 is 1.36 bits per heavy atom. The normalized spacial score (nSPS) is 10.9. The second kappa shape index (κ2) is 6.10. The van der Waals surface area contributed by atoms with Crippen molar-refractivity contribution in [2.45, 2.75) is 25.3 Å². The quantitative estimate of drug-likeness (QED) is 0.748. The first-order chi connectivity index (χ1) is 6.72. The van der Waals surface area contributed by atoms with Crippen LogP contribution >= 0.6 is 11.8 Å². The molecule has 1 N–H and O–H groups in total. The third-order valence-corrected chi connectivity index (χ3v) is 3.28. The van der Waals surface area contributed by atoms with Gasteiger partial charge in [0.25, 0.3) is 0 Å². The van der Waals surface area contributed by atoms with Crippen molar-refractivity contribution in [1.82, 2.24) is 5.32 Å². The van der Waals surface area contributed by atoms with Crippen LogP contribution < -0.4 is 5.32 Å². The lowest BCUT2D eigenvalue weighted by atomic mass is 10.2. The van der Waals surface area contributed by atoms with E-state index in [9.17, 15) is 0 Å². The summed E-state index contributed by atoms with van der Waals surface area (Å²) in [6.07, 6.45) is 0. The van der Waals surface area contributed by atoms with Gasteiger partial charge in [0.1, 0.15) is 0 Å². The molecule has 14 heavy (non-hydrogen) atoms. The van der Waals surface area contributed by atoms with Crippen LogP contribution in [0.3, 0.4) is 0 Å². The monoisotopic (exact) mass is 209 g/mol. The minimum atomic E-state index is 0.757. The average Bonchev–Trinajstić information content (AvgIpc) is 2.16. The lowest BCUT2D eigenvalue weighted by Gasteiger charge is -2.06. The number of hydrogen-bond acceptors (Lipinski definition) is 2. The molecule has 0 aliphatic carbocycles. The maximum atomic E-state index is 3.17. The molecule has 0 saturated heterocycles. The molecule has 1 nitrogen and oxygen atoms in total. The standard InChI is InChI=1S/C12H19NS/c1-10(2)9-14-12-6-4-5-11(7-12)8-13-3/h4-7,10,13H,8-9H2,1-3H3. The summed E-state index contributed by atoms with van der Waals surface area (Å²) in [4.78, 5) is 1.38. The van der Waals surface area contributed by atoms with E-state index in [4.69, 9.17) is 0 Å². The first kappa shape index (κ1) is 11.6. The second-order valence-corrected chi connectivity index (χ2v) is 4.98. The number of benzene rings is 1. The fourth-order valence-corrected chi connectivity index (χ4v) is 2.15. The first-order valence-electron chi connectivity index (χ1n) is 5.08. The molecule has 0 bridgehead atoms. The van der Waals surface area contributed by atoms with Gasteiger partial charge in [0.15, 0.2) is 0 Å². The van der Waals surface area contributed by atoms with E-state index in [1.165, 1.54) is 16.2 Å². The highest BCUT2D eigenvalue weighted by Crippen LogP contribution is 2.21. The van der Waals surface area contributed by atoms with Gasteiger partial charge in [0.05, 0.1) is 0 Å². The number of thioether (sulfide) groups is 1. The predicted molar refractivity (Wildman–Crippen MR) is 64.8 cm³/mol. The molecule has 0 spiro atoms. The zero-order valence-electron chi connectivity index (χ0n) is 9.21. The van der Waals surface area contributed by atoms with E-state index < -0.39 is 0 Å². The third-order valence-electron chi connectivity index (χ3n) is 1.86. The van der Waals surface area contributed by atoms with Crippen LogP contribution in [-0.4, -0.2) is 12.8 Å². The van der Waals surface area contributed by atoms with Crippen LogP contribution in [-0.2, 0) is 6.54 Å². The summed E-state index contributed by atoms with van der Waals surface area (Å²) in [5.41, 5.74) is 1.36. The molecule has 1 aromatic rings. The van der Waals surface area contributed by atoms with Gasteiger partial charge >= 0.3 is 0 Å². The Hall–Kier alpha value is -0.470. The molecule has 0 aliphatic rings. The molecule has 0 heterocycles. The summed E-state index contributed by atoms with van der Waals surface area (Å²) in [7, 11) is 1.98. The highest BCUT2D eigenvalue weighted by Gasteiger charge is 1.98. The molecule has 0 aromatic heterocycles. The van der Waals surface area contributed by atoms with Gasteiger partial charge in [-0.05, 0) is 30.7 Å². The Morgan fingerprint density at radius 2 is 2.14 bits per heavy atom. The van der Waals surface area contributed by atoms with Gasteiger partial charge in [-0.2, -0.15) is 0 Å². The van der Waals surface area contributed by atoms with Crippen LogP contribution in [0.5, 0.6) is 0 Å². The van der Waals surface area contributed by atoms with Gasteiger partial charge < -0.3 is 5.32 Å². The Balaban J connectivity index is 2.54. The molecule has 0 saturated carbocycles. The smallest absolute Gasteiger partial charge is 0.0202 e. The molecule has 0 atom stereocenters. The highest BCUT2D eigenvalue weighted by atomic mass is 32.2. The van der Waals surface area contributed by atoms with Crippen molar-refractivity contribution in [3.05, 3.63) is 29.8 Å². The van der Waals surface area contributed by atoms with Crippen LogP contribution in [0.15, 0.2) is 29.2 Å². The Morgan fingerprint density at radius 3 is 2.79 bits per heavy atom. The van der Waals surface area contributed by atoms with Crippen molar-refractivity contribution in [2.75, 3.05) is 12.8 Å². The van der Waals surface area contributed by atoms with Gasteiger partial charge in [-0.25, -0.2) is 0 Å². The van der Waals surface area contributed by atoms with Crippen LogP contribution in [0, 0.1) is 5.92 Å². The maximum absolute atomic E-state index is 3.17. The van der Waals surface area contributed by atoms with Gasteiger partial charge in [0, 0.05) is 17.2 Å². The van der Waals surface area contributed by atoms with Gasteiger partial charge in [-0.15, -0.1) is 11.8 Å². The molecule has 0 aliphatic heterocycles. The van der Waals surface area contributed by atoms with E-state index in [0.717, 1.165) is 12.5 Å². The van der Waals surface area contributed by atoms with Crippen molar-refractivity contribution < 1.29 is 0 Å². The Labute approximate surface area is 91.3 Å². The first-order valence-corrected chi connectivity index (χ1v) is 6.07. The van der Waals surface area contributed by atoms with Gasteiger partial charge in [-0.3, -0.25) is 0 Å². The summed E-state index contributed by atoms with van der Waals surface area (Å²) in [5, 5.41) is 3.17. The van der Waals surface area contributed by atoms with E-state index in [-0.39, 0.29) is 0 Å². The fraction of sp³-hybridized carbons (Fsp3) is 0.500. The van der Waals surface area contributed by atoms with Gasteiger partial charge in [0.2, 0.25) is 0 Å². The maximum Gasteiger partial charge on any atom is 0.0202 e. The molecule has 0 unspecified atom stereocenters. The van der Waals surface area contributed by atoms with Crippen molar-refractivity contribution in [3.8, 4) is 0 Å². The Bertz CT molecular complexity index is 271. The minimum Gasteiger partial charge on any atom is -0.316 e. The largest absolute Gasteiger partial charge is 0.316 e. The van der Waals surface area contributed by atoms with Crippen molar-refractivity contribution in [2.24, 2.45) is 5.92 Å². The van der Waals surface area contributed by atoms with Gasteiger partial charge in [-0.1, -0.05) is 26.0 Å². The molecule has 78 valence electrons. The number of hydrogen-bond donors (Lipinski definition) is 1. The van der Waals surface area contributed by atoms with Crippen molar-refractivity contribution in [3.63, 3.8) is 0 Å².